The van der Waals surface area contributed by atoms with E-state index in [1.165, 1.54) is 68.5 Å². The first-order chi connectivity index (χ1) is 18.4. The molecule has 1 aliphatic rings. The summed E-state index contributed by atoms with van der Waals surface area (Å²) in [5, 5.41) is 10.7. The Hall–Kier alpha value is -1.60. The molecule has 6 heteroatoms. The summed E-state index contributed by atoms with van der Waals surface area (Å²) in [5.41, 5.74) is 3.93. The normalized spacial score (nSPS) is 15.8. The van der Waals surface area contributed by atoms with Gasteiger partial charge in [0.05, 0.1) is 0 Å². The summed E-state index contributed by atoms with van der Waals surface area (Å²) in [4.78, 5) is 2.45. The van der Waals surface area contributed by atoms with Crippen LogP contribution < -0.4 is 17.8 Å². The third-order valence-corrected chi connectivity index (χ3v) is 24.5. The molecule has 3 rings (SSSR count). The van der Waals surface area contributed by atoms with Gasteiger partial charge in [-0.2, -0.15) is 0 Å². The Morgan fingerprint density at radius 2 is 1.37 bits per heavy atom. The molecule has 0 saturated carbocycles. The molecule has 1 heterocycles. The fourth-order valence-electron chi connectivity index (χ4n) is 6.39. The van der Waals surface area contributed by atoms with E-state index in [1.807, 2.05) is 12.1 Å². The SMILES string of the molecule is CCC[CH2][Sn]([CH2]CCC)([CH2]CCC)[c]1cc(OC)c(OC)cc1CC1c2cc(O)c(OC)cc2CCN1C. The summed E-state index contributed by atoms with van der Waals surface area (Å²) in [7, 11) is 7.36. The summed E-state index contributed by atoms with van der Waals surface area (Å²) >= 11 is -2.80. The molecule has 0 amide bonds. The van der Waals surface area contributed by atoms with Gasteiger partial charge in [0.2, 0.25) is 0 Å². The molecule has 0 aromatic heterocycles. The minimum atomic E-state index is -2.80. The average Bonchev–Trinajstić information content (AvgIpc) is 2.94. The maximum atomic E-state index is 10.7. The van der Waals surface area contributed by atoms with Crippen LogP contribution in [0.15, 0.2) is 24.3 Å². The number of unbranched alkanes of at least 4 members (excludes halogenated alkanes) is 3. The van der Waals surface area contributed by atoms with Crippen LogP contribution in [0.2, 0.25) is 13.3 Å². The van der Waals surface area contributed by atoms with Gasteiger partial charge in [-0.1, -0.05) is 0 Å². The van der Waals surface area contributed by atoms with Crippen molar-refractivity contribution in [2.45, 2.75) is 91.5 Å². The van der Waals surface area contributed by atoms with Crippen molar-refractivity contribution in [3.8, 4) is 23.0 Å². The number of phenolic OH excluding ortho intramolecular Hbond substituents is 1. The third-order valence-electron chi connectivity index (χ3n) is 8.69. The van der Waals surface area contributed by atoms with Crippen LogP contribution in [0.3, 0.4) is 0 Å². The first kappa shape index (κ1) is 30.9. The molecule has 5 nitrogen and oxygen atoms in total. The summed E-state index contributed by atoms with van der Waals surface area (Å²) in [6, 6.07) is 8.85. The maximum absolute atomic E-state index is 10.7. The number of benzene rings is 2. The number of hydrogen-bond acceptors (Lipinski definition) is 5. The molecule has 1 N–H and O–H groups in total. The van der Waals surface area contributed by atoms with Crippen molar-refractivity contribution in [3.63, 3.8) is 0 Å². The molecular weight excluding hydrogens is 581 g/mol. The topological polar surface area (TPSA) is 51.2 Å². The van der Waals surface area contributed by atoms with Crippen molar-refractivity contribution in [1.82, 2.24) is 4.90 Å². The number of phenols is 1. The number of aromatic hydroxyl groups is 1. The van der Waals surface area contributed by atoms with Gasteiger partial charge in [0, 0.05) is 0 Å². The summed E-state index contributed by atoms with van der Waals surface area (Å²) < 4.78 is 23.0. The van der Waals surface area contributed by atoms with Crippen molar-refractivity contribution in [2.75, 3.05) is 34.9 Å². The summed E-state index contributed by atoms with van der Waals surface area (Å²) in [6.45, 7) is 7.99. The number of fused-ring (bicyclic) bond motifs is 1. The Morgan fingerprint density at radius 3 is 1.89 bits per heavy atom. The predicted octanol–water partition coefficient (Wildman–Crippen LogP) is 7.25. The van der Waals surface area contributed by atoms with E-state index in [0.29, 0.717) is 5.75 Å². The minimum absolute atomic E-state index is 0.194. The molecule has 0 radical (unpaired) electrons. The van der Waals surface area contributed by atoms with E-state index in [2.05, 4.69) is 44.9 Å². The molecule has 1 unspecified atom stereocenters. The van der Waals surface area contributed by atoms with Gasteiger partial charge >= 0.3 is 237 Å². The van der Waals surface area contributed by atoms with E-state index in [9.17, 15) is 5.11 Å². The van der Waals surface area contributed by atoms with Gasteiger partial charge in [0.1, 0.15) is 0 Å². The van der Waals surface area contributed by atoms with Gasteiger partial charge in [-0.3, -0.25) is 0 Å². The molecule has 0 bridgehead atoms. The Morgan fingerprint density at radius 1 is 0.816 bits per heavy atom. The zero-order valence-electron chi connectivity index (χ0n) is 25.0. The number of nitrogens with zero attached hydrogens (tertiary/aromatic N) is 1. The quantitative estimate of drug-likeness (QED) is 0.210. The molecule has 0 fully saturated rings. The number of ether oxygens (including phenoxy) is 3. The molecule has 0 spiro atoms. The van der Waals surface area contributed by atoms with Crippen molar-refractivity contribution in [3.05, 3.63) is 41.0 Å². The van der Waals surface area contributed by atoms with Crippen LogP contribution in [0.5, 0.6) is 23.0 Å². The second kappa shape index (κ2) is 14.7. The number of methoxy groups -OCH3 is 3. The predicted molar refractivity (Wildman–Crippen MR) is 162 cm³/mol. The van der Waals surface area contributed by atoms with Crippen molar-refractivity contribution in [2.24, 2.45) is 0 Å². The van der Waals surface area contributed by atoms with Crippen molar-refractivity contribution in [1.29, 1.82) is 0 Å². The van der Waals surface area contributed by atoms with Gasteiger partial charge in [-0.15, -0.1) is 0 Å². The number of hydrogen-bond donors (Lipinski definition) is 1. The average molecular weight is 632 g/mol. The van der Waals surface area contributed by atoms with E-state index >= 15 is 0 Å². The van der Waals surface area contributed by atoms with Gasteiger partial charge in [0.25, 0.3) is 0 Å². The second-order valence-corrected chi connectivity index (χ2v) is 24.3. The molecule has 0 saturated heterocycles. The Labute approximate surface area is 235 Å². The molecule has 38 heavy (non-hydrogen) atoms. The Balaban J connectivity index is 2.19. The fraction of sp³-hybridized carbons (Fsp3) is 0.625. The number of likely N-dealkylation sites (N-methyl/N-ethyl adjacent to an activating group) is 1. The van der Waals surface area contributed by atoms with E-state index < -0.39 is 18.4 Å². The van der Waals surface area contributed by atoms with Crippen LogP contribution in [-0.2, 0) is 12.8 Å². The van der Waals surface area contributed by atoms with Crippen LogP contribution in [-0.4, -0.2) is 63.3 Å². The molecule has 2 aromatic rings. The van der Waals surface area contributed by atoms with E-state index in [0.717, 1.165) is 30.9 Å². The van der Waals surface area contributed by atoms with Crippen LogP contribution in [0, 0.1) is 0 Å². The Bertz CT molecular complexity index is 1020. The molecule has 1 atom stereocenters. The number of rotatable bonds is 15. The van der Waals surface area contributed by atoms with Gasteiger partial charge in [-0.05, 0) is 0 Å². The zero-order chi connectivity index (χ0) is 27.7. The first-order valence-electron chi connectivity index (χ1n) is 14.7. The first-order valence-corrected chi connectivity index (χ1v) is 22.2. The second-order valence-electron chi connectivity index (χ2n) is 11.1. The molecular formula is C32H51NO4Sn. The van der Waals surface area contributed by atoms with E-state index in [4.69, 9.17) is 14.2 Å². The van der Waals surface area contributed by atoms with E-state index in [-0.39, 0.29) is 11.8 Å². The van der Waals surface area contributed by atoms with Crippen LogP contribution in [0.4, 0.5) is 0 Å². The van der Waals surface area contributed by atoms with Gasteiger partial charge < -0.3 is 0 Å². The molecule has 0 aliphatic carbocycles. The van der Waals surface area contributed by atoms with Crippen LogP contribution in [0.25, 0.3) is 0 Å². The van der Waals surface area contributed by atoms with E-state index in [1.54, 1.807) is 24.9 Å². The summed E-state index contributed by atoms with van der Waals surface area (Å²) in [5.74, 6) is 2.48. The Kier molecular flexibility index (Phi) is 12.0. The standard InChI is InChI=1S/C20H24NO4.3C4H9.Sn/c1-21-8-7-14-11-19(24-3)17(22)12-15(14)16(21)9-13-5-6-18(23-2)20(10-13)25-4;3*1-3-4-2;/h6,10-12,16,22H,7-9H2,1-4H3;3*1,3-4H2,2H3;. The van der Waals surface area contributed by atoms with Crippen LogP contribution in [0.1, 0.15) is 82.0 Å². The zero-order valence-corrected chi connectivity index (χ0v) is 27.8. The van der Waals surface area contributed by atoms with Crippen molar-refractivity contribution >= 4 is 22.0 Å². The third kappa shape index (κ3) is 6.93. The fourth-order valence-corrected chi connectivity index (χ4v) is 23.3. The molecule has 2 aromatic carbocycles. The summed E-state index contributed by atoms with van der Waals surface area (Å²) in [6.07, 6.45) is 9.57. The van der Waals surface area contributed by atoms with Gasteiger partial charge in [0.15, 0.2) is 0 Å². The monoisotopic (exact) mass is 633 g/mol. The molecule has 1 aliphatic heterocycles. The molecule has 212 valence electrons. The van der Waals surface area contributed by atoms with Crippen molar-refractivity contribution < 1.29 is 19.3 Å². The van der Waals surface area contributed by atoms with Crippen LogP contribution >= 0.6 is 0 Å². The van der Waals surface area contributed by atoms with Gasteiger partial charge in [-0.25, -0.2) is 0 Å².